The zero-order chi connectivity index (χ0) is 15.2. The highest BCUT2D eigenvalue weighted by atomic mass is 15.2. The van der Waals surface area contributed by atoms with Crippen molar-refractivity contribution >= 4 is 16.5 Å². The lowest BCUT2D eigenvalue weighted by molar-refractivity contribution is 0.413. The Bertz CT molecular complexity index is 578. The zero-order valence-electron chi connectivity index (χ0n) is 13.5. The molecule has 2 aromatic carbocycles. The number of fused-ring (bicyclic) bond motifs is 1. The minimum atomic E-state index is 0.590. The molecule has 0 radical (unpaired) electrons. The van der Waals surface area contributed by atoms with Gasteiger partial charge in [0.1, 0.15) is 0 Å². The molecule has 2 aromatic rings. The molecule has 21 heavy (non-hydrogen) atoms. The third kappa shape index (κ3) is 3.74. The molecule has 114 valence electrons. The molecule has 0 atom stereocenters. The highest BCUT2D eigenvalue weighted by Gasteiger charge is 2.11. The van der Waals surface area contributed by atoms with Crippen molar-refractivity contribution in [2.75, 3.05) is 38.6 Å². The summed E-state index contributed by atoms with van der Waals surface area (Å²) in [5, 5.41) is 2.59. The van der Waals surface area contributed by atoms with Crippen LogP contribution in [0.2, 0.25) is 0 Å². The van der Waals surface area contributed by atoms with Crippen LogP contribution in [0.15, 0.2) is 36.4 Å². The van der Waals surface area contributed by atoms with E-state index >= 15 is 0 Å². The second-order valence-corrected chi connectivity index (χ2v) is 5.78. The predicted octanol–water partition coefficient (Wildman–Crippen LogP) is 3.08. The Morgan fingerprint density at radius 2 is 1.62 bits per heavy atom. The van der Waals surface area contributed by atoms with E-state index in [9.17, 15) is 0 Å². The van der Waals surface area contributed by atoms with Gasteiger partial charge in [-0.3, -0.25) is 0 Å². The molecule has 3 nitrogen and oxygen atoms in total. The first-order valence-electron chi connectivity index (χ1n) is 7.77. The average molecular weight is 285 g/mol. The van der Waals surface area contributed by atoms with Gasteiger partial charge in [-0.25, -0.2) is 0 Å². The molecular weight excluding hydrogens is 258 g/mol. The largest absolute Gasteiger partial charge is 0.370 e. The number of hydrogen-bond donors (Lipinski definition) is 1. The van der Waals surface area contributed by atoms with Gasteiger partial charge < -0.3 is 15.5 Å². The molecule has 0 saturated heterocycles. The van der Waals surface area contributed by atoms with Crippen LogP contribution in [0.4, 0.5) is 5.69 Å². The number of benzene rings is 2. The van der Waals surface area contributed by atoms with Crippen molar-refractivity contribution in [1.82, 2.24) is 4.90 Å². The van der Waals surface area contributed by atoms with Gasteiger partial charge in [0.15, 0.2) is 0 Å². The summed E-state index contributed by atoms with van der Waals surface area (Å²) in [7, 11) is 4.25. The lowest BCUT2D eigenvalue weighted by Crippen LogP contribution is -2.32. The smallest absolute Gasteiger partial charge is 0.0446 e. The molecule has 2 rings (SSSR count). The summed E-state index contributed by atoms with van der Waals surface area (Å²) in [6, 6.07) is 13.0. The summed E-state index contributed by atoms with van der Waals surface area (Å²) in [4.78, 5) is 4.72. The first-order valence-corrected chi connectivity index (χ1v) is 7.77. The Labute approximate surface area is 128 Å². The van der Waals surface area contributed by atoms with E-state index in [2.05, 4.69) is 67.2 Å². The Hall–Kier alpha value is -1.58. The summed E-state index contributed by atoms with van der Waals surface area (Å²) in [6.07, 6.45) is 1.15. The van der Waals surface area contributed by atoms with E-state index in [1.165, 1.54) is 22.0 Å². The maximum absolute atomic E-state index is 5.88. The minimum absolute atomic E-state index is 0.590. The van der Waals surface area contributed by atoms with Crippen LogP contribution >= 0.6 is 0 Å². The van der Waals surface area contributed by atoms with Crippen molar-refractivity contribution in [3.8, 4) is 0 Å². The van der Waals surface area contributed by atoms with E-state index in [4.69, 9.17) is 5.73 Å². The van der Waals surface area contributed by atoms with Crippen LogP contribution in [0.25, 0.3) is 10.8 Å². The molecule has 0 aliphatic heterocycles. The Balaban J connectivity index is 2.42. The maximum atomic E-state index is 5.88. The average Bonchev–Trinajstić information content (AvgIpc) is 2.50. The van der Waals surface area contributed by atoms with Gasteiger partial charge in [-0.1, -0.05) is 37.3 Å². The normalized spacial score (nSPS) is 11.3. The quantitative estimate of drug-likeness (QED) is 0.848. The van der Waals surface area contributed by atoms with E-state index in [0.29, 0.717) is 6.54 Å². The summed E-state index contributed by atoms with van der Waals surface area (Å²) in [5.41, 5.74) is 8.43. The van der Waals surface area contributed by atoms with E-state index in [1.54, 1.807) is 0 Å². The van der Waals surface area contributed by atoms with Crippen molar-refractivity contribution < 1.29 is 0 Å². The second-order valence-electron chi connectivity index (χ2n) is 5.78. The van der Waals surface area contributed by atoms with Crippen LogP contribution in [-0.2, 0) is 6.54 Å². The molecule has 0 bridgehead atoms. The van der Waals surface area contributed by atoms with Crippen LogP contribution < -0.4 is 10.6 Å². The third-order valence-corrected chi connectivity index (χ3v) is 3.86. The monoisotopic (exact) mass is 285 g/mol. The summed E-state index contributed by atoms with van der Waals surface area (Å²) in [5.74, 6) is 0. The van der Waals surface area contributed by atoms with Gasteiger partial charge in [-0.05, 0) is 37.5 Å². The molecule has 2 N–H and O–H groups in total. The second kappa shape index (κ2) is 7.43. The van der Waals surface area contributed by atoms with Gasteiger partial charge in [-0.2, -0.15) is 0 Å². The molecule has 0 unspecified atom stereocenters. The molecule has 0 aromatic heterocycles. The Morgan fingerprint density at radius 1 is 0.905 bits per heavy atom. The fourth-order valence-corrected chi connectivity index (χ4v) is 2.74. The molecule has 0 spiro atoms. The summed E-state index contributed by atoms with van der Waals surface area (Å²) in [6.45, 7) is 6.02. The van der Waals surface area contributed by atoms with Gasteiger partial charge in [0, 0.05) is 37.3 Å². The number of likely N-dealkylation sites (N-methyl/N-ethyl adjacent to an activating group) is 1. The third-order valence-electron chi connectivity index (χ3n) is 3.86. The Kier molecular flexibility index (Phi) is 5.59. The van der Waals surface area contributed by atoms with E-state index < -0.39 is 0 Å². The lowest BCUT2D eigenvalue weighted by Gasteiger charge is -2.27. The lowest BCUT2D eigenvalue weighted by atomic mass is 10.0. The molecule has 0 aliphatic rings. The van der Waals surface area contributed by atoms with Gasteiger partial charge in [0.05, 0.1) is 0 Å². The molecule has 0 fully saturated rings. The molecule has 0 aliphatic carbocycles. The van der Waals surface area contributed by atoms with E-state index in [0.717, 1.165) is 26.1 Å². The van der Waals surface area contributed by atoms with Gasteiger partial charge in [-0.15, -0.1) is 0 Å². The van der Waals surface area contributed by atoms with Crippen LogP contribution in [-0.4, -0.2) is 38.6 Å². The summed E-state index contributed by atoms with van der Waals surface area (Å²) >= 11 is 0. The first kappa shape index (κ1) is 15.8. The van der Waals surface area contributed by atoms with Crippen molar-refractivity contribution in [1.29, 1.82) is 0 Å². The number of anilines is 1. The van der Waals surface area contributed by atoms with E-state index in [1.807, 2.05) is 0 Å². The Morgan fingerprint density at radius 3 is 2.24 bits per heavy atom. The number of rotatable bonds is 7. The van der Waals surface area contributed by atoms with Gasteiger partial charge >= 0.3 is 0 Å². The molecule has 0 heterocycles. The minimum Gasteiger partial charge on any atom is -0.370 e. The fraction of sp³-hybridized carbons (Fsp3) is 0.444. The van der Waals surface area contributed by atoms with Gasteiger partial charge in [0.25, 0.3) is 0 Å². The van der Waals surface area contributed by atoms with Crippen molar-refractivity contribution in [2.45, 2.75) is 19.9 Å². The molecule has 3 heteroatoms. The zero-order valence-corrected chi connectivity index (χ0v) is 13.5. The molecule has 0 saturated carbocycles. The number of hydrogen-bond acceptors (Lipinski definition) is 3. The van der Waals surface area contributed by atoms with Crippen LogP contribution in [0.3, 0.4) is 0 Å². The number of nitrogens with two attached hydrogens (primary N) is 1. The van der Waals surface area contributed by atoms with Crippen LogP contribution in [0, 0.1) is 0 Å². The van der Waals surface area contributed by atoms with Gasteiger partial charge in [0.2, 0.25) is 0 Å². The van der Waals surface area contributed by atoms with E-state index in [-0.39, 0.29) is 0 Å². The van der Waals surface area contributed by atoms with Crippen molar-refractivity contribution in [3.05, 3.63) is 42.0 Å². The SMILES string of the molecule is CCCN(CCN(C)C)c1ccc(CN)c2ccccc12. The highest BCUT2D eigenvalue weighted by molar-refractivity contribution is 5.96. The fourth-order valence-electron chi connectivity index (χ4n) is 2.74. The topological polar surface area (TPSA) is 32.5 Å². The predicted molar refractivity (Wildman–Crippen MR) is 92.9 cm³/mol. The van der Waals surface area contributed by atoms with Crippen LogP contribution in [0.5, 0.6) is 0 Å². The molecular formula is C18H27N3. The maximum Gasteiger partial charge on any atom is 0.0446 e. The van der Waals surface area contributed by atoms with Crippen LogP contribution in [0.1, 0.15) is 18.9 Å². The summed E-state index contributed by atoms with van der Waals surface area (Å²) < 4.78 is 0. The molecule has 0 amide bonds. The standard InChI is InChI=1S/C18H27N3/c1-4-11-21(13-12-20(2)3)18-10-9-15(14-19)16-7-5-6-8-17(16)18/h5-10H,4,11-14,19H2,1-3H3. The number of nitrogens with zero attached hydrogens (tertiary/aromatic N) is 2. The first-order chi connectivity index (χ1) is 10.2. The van der Waals surface area contributed by atoms with Crippen molar-refractivity contribution in [3.63, 3.8) is 0 Å². The highest BCUT2D eigenvalue weighted by Crippen LogP contribution is 2.29. The van der Waals surface area contributed by atoms with Crippen molar-refractivity contribution in [2.24, 2.45) is 5.73 Å².